The van der Waals surface area contributed by atoms with Crippen LogP contribution in [-0.2, 0) is 0 Å². The summed E-state index contributed by atoms with van der Waals surface area (Å²) in [4.78, 5) is 8.64. The summed E-state index contributed by atoms with van der Waals surface area (Å²) in [5.41, 5.74) is 2.17. The van der Waals surface area contributed by atoms with E-state index in [-0.39, 0.29) is 0 Å². The number of thiazole rings is 1. The van der Waals surface area contributed by atoms with Crippen molar-refractivity contribution in [3.05, 3.63) is 35.3 Å². The van der Waals surface area contributed by atoms with Gasteiger partial charge < -0.3 is 0 Å². The molecular formula is C10H6N2S2. The van der Waals surface area contributed by atoms with Crippen molar-refractivity contribution in [2.75, 3.05) is 0 Å². The van der Waals surface area contributed by atoms with Crippen molar-refractivity contribution in [2.45, 2.75) is 0 Å². The molecule has 0 amide bonds. The zero-order chi connectivity index (χ0) is 9.38. The molecule has 0 bridgehead atoms. The number of aromatic nitrogens is 2. The maximum Gasteiger partial charge on any atom is 0.124 e. The zero-order valence-corrected chi connectivity index (χ0v) is 8.81. The number of hydrogen-bond donors (Lipinski definition) is 0. The minimum atomic E-state index is 1.04. The van der Waals surface area contributed by atoms with Gasteiger partial charge in [-0.1, -0.05) is 0 Å². The first kappa shape index (κ1) is 8.08. The smallest absolute Gasteiger partial charge is 0.124 e. The van der Waals surface area contributed by atoms with E-state index in [0.29, 0.717) is 0 Å². The Labute approximate surface area is 88.9 Å². The minimum Gasteiger partial charge on any atom is -0.255 e. The number of hydrogen-bond acceptors (Lipinski definition) is 4. The highest BCUT2D eigenvalue weighted by molar-refractivity contribution is 7.17. The Kier molecular flexibility index (Phi) is 1.82. The third-order valence-electron chi connectivity index (χ3n) is 1.98. The third-order valence-corrected chi connectivity index (χ3v) is 3.66. The summed E-state index contributed by atoms with van der Waals surface area (Å²) in [5.74, 6) is 0. The van der Waals surface area contributed by atoms with Crippen LogP contribution in [0.1, 0.15) is 0 Å². The Morgan fingerprint density at radius 1 is 1.07 bits per heavy atom. The molecule has 14 heavy (non-hydrogen) atoms. The fourth-order valence-electron chi connectivity index (χ4n) is 1.33. The van der Waals surface area contributed by atoms with Gasteiger partial charge in [-0.3, -0.25) is 4.98 Å². The summed E-state index contributed by atoms with van der Waals surface area (Å²) in [6.07, 6.45) is 3.70. The number of pyridine rings is 1. The molecule has 0 saturated carbocycles. The first-order chi connectivity index (χ1) is 6.93. The highest BCUT2D eigenvalue weighted by Gasteiger charge is 2.02. The fourth-order valence-corrected chi connectivity index (χ4v) is 2.73. The summed E-state index contributed by atoms with van der Waals surface area (Å²) in [5, 5.41) is 5.07. The van der Waals surface area contributed by atoms with E-state index in [1.54, 1.807) is 22.7 Å². The SMILES string of the molecule is c1csc(-c2cnc3ccsc3c2)n1. The van der Waals surface area contributed by atoms with Crippen LogP contribution in [0.5, 0.6) is 0 Å². The van der Waals surface area contributed by atoms with Crippen LogP contribution in [0.2, 0.25) is 0 Å². The fraction of sp³-hybridized carbons (Fsp3) is 0. The molecule has 0 unspecified atom stereocenters. The van der Waals surface area contributed by atoms with Crippen LogP contribution >= 0.6 is 22.7 Å². The molecule has 0 radical (unpaired) electrons. The predicted molar refractivity (Wildman–Crippen MR) is 60.7 cm³/mol. The molecule has 3 heterocycles. The molecular weight excluding hydrogens is 212 g/mol. The second-order valence-electron chi connectivity index (χ2n) is 2.87. The molecule has 0 aliphatic heterocycles. The van der Waals surface area contributed by atoms with E-state index < -0.39 is 0 Å². The van der Waals surface area contributed by atoms with Gasteiger partial charge >= 0.3 is 0 Å². The van der Waals surface area contributed by atoms with Crippen LogP contribution in [-0.4, -0.2) is 9.97 Å². The molecule has 68 valence electrons. The molecule has 0 fully saturated rings. The van der Waals surface area contributed by atoms with Crippen molar-refractivity contribution in [3.8, 4) is 10.6 Å². The van der Waals surface area contributed by atoms with Crippen LogP contribution in [0.15, 0.2) is 35.3 Å². The van der Waals surface area contributed by atoms with E-state index in [9.17, 15) is 0 Å². The number of rotatable bonds is 1. The highest BCUT2D eigenvalue weighted by atomic mass is 32.1. The van der Waals surface area contributed by atoms with E-state index in [2.05, 4.69) is 21.4 Å². The molecule has 0 aliphatic rings. The molecule has 0 saturated heterocycles. The van der Waals surface area contributed by atoms with Crippen LogP contribution < -0.4 is 0 Å². The van der Waals surface area contributed by atoms with Crippen LogP contribution in [0.3, 0.4) is 0 Å². The van der Waals surface area contributed by atoms with E-state index in [4.69, 9.17) is 0 Å². The Bertz CT molecular complexity index is 554. The quantitative estimate of drug-likeness (QED) is 0.625. The maximum absolute atomic E-state index is 4.37. The lowest BCUT2D eigenvalue weighted by atomic mass is 10.3. The molecule has 0 aliphatic carbocycles. The van der Waals surface area contributed by atoms with Crippen molar-refractivity contribution in [1.82, 2.24) is 9.97 Å². The second kappa shape index (κ2) is 3.15. The molecule has 3 aromatic rings. The lowest BCUT2D eigenvalue weighted by Crippen LogP contribution is -1.77. The number of fused-ring (bicyclic) bond motifs is 1. The monoisotopic (exact) mass is 218 g/mol. The van der Waals surface area contributed by atoms with E-state index >= 15 is 0 Å². The van der Waals surface area contributed by atoms with Gasteiger partial charge in [0.2, 0.25) is 0 Å². The first-order valence-corrected chi connectivity index (χ1v) is 5.92. The molecule has 2 nitrogen and oxygen atoms in total. The van der Waals surface area contributed by atoms with Crippen molar-refractivity contribution >= 4 is 32.9 Å². The Balaban J connectivity index is 2.23. The van der Waals surface area contributed by atoms with Gasteiger partial charge in [0, 0.05) is 23.3 Å². The molecule has 0 N–H and O–H groups in total. The van der Waals surface area contributed by atoms with Gasteiger partial charge in [0.15, 0.2) is 0 Å². The van der Waals surface area contributed by atoms with Crippen molar-refractivity contribution in [1.29, 1.82) is 0 Å². The van der Waals surface area contributed by atoms with Crippen molar-refractivity contribution in [3.63, 3.8) is 0 Å². The average Bonchev–Trinajstić information content (AvgIpc) is 2.88. The van der Waals surface area contributed by atoms with Gasteiger partial charge in [-0.2, -0.15) is 0 Å². The number of thiophene rings is 1. The standard InChI is InChI=1S/C10H6N2S2/c1-3-13-9-5-7(6-12-8(1)9)10-11-2-4-14-10/h1-6H. The zero-order valence-electron chi connectivity index (χ0n) is 7.18. The van der Waals surface area contributed by atoms with Gasteiger partial charge in [-0.05, 0) is 17.5 Å². The summed E-state index contributed by atoms with van der Waals surface area (Å²) in [6, 6.07) is 4.18. The van der Waals surface area contributed by atoms with E-state index in [1.807, 2.05) is 23.8 Å². The highest BCUT2D eigenvalue weighted by Crippen LogP contribution is 2.26. The normalized spacial score (nSPS) is 10.9. The molecule has 0 atom stereocenters. The van der Waals surface area contributed by atoms with E-state index in [0.717, 1.165) is 16.1 Å². The van der Waals surface area contributed by atoms with Gasteiger partial charge in [0.25, 0.3) is 0 Å². The topological polar surface area (TPSA) is 25.8 Å². The predicted octanol–water partition coefficient (Wildman–Crippen LogP) is 3.42. The van der Waals surface area contributed by atoms with E-state index in [1.165, 1.54) is 4.70 Å². The average molecular weight is 218 g/mol. The van der Waals surface area contributed by atoms with Gasteiger partial charge in [0.05, 0.1) is 10.2 Å². The maximum atomic E-state index is 4.37. The van der Waals surface area contributed by atoms with Crippen molar-refractivity contribution in [2.24, 2.45) is 0 Å². The molecule has 3 aromatic heterocycles. The summed E-state index contributed by atoms with van der Waals surface area (Å²) in [7, 11) is 0. The largest absolute Gasteiger partial charge is 0.255 e. The van der Waals surface area contributed by atoms with Crippen molar-refractivity contribution < 1.29 is 0 Å². The summed E-state index contributed by atoms with van der Waals surface area (Å²) >= 11 is 3.35. The van der Waals surface area contributed by atoms with Crippen LogP contribution in [0.25, 0.3) is 20.8 Å². The van der Waals surface area contributed by atoms with Crippen LogP contribution in [0.4, 0.5) is 0 Å². The molecule has 0 spiro atoms. The van der Waals surface area contributed by atoms with Crippen LogP contribution in [0, 0.1) is 0 Å². The molecule has 3 rings (SSSR count). The lowest BCUT2D eigenvalue weighted by Gasteiger charge is -1.94. The Morgan fingerprint density at radius 3 is 2.93 bits per heavy atom. The van der Waals surface area contributed by atoms with Gasteiger partial charge in [-0.25, -0.2) is 4.98 Å². The minimum absolute atomic E-state index is 1.04. The first-order valence-electron chi connectivity index (χ1n) is 4.16. The van der Waals surface area contributed by atoms with Gasteiger partial charge in [-0.15, -0.1) is 22.7 Å². The second-order valence-corrected chi connectivity index (χ2v) is 4.71. The lowest BCUT2D eigenvalue weighted by molar-refractivity contribution is 1.37. The summed E-state index contributed by atoms with van der Waals surface area (Å²) in [6.45, 7) is 0. The third kappa shape index (κ3) is 1.23. The Hall–Kier alpha value is -1.26. The number of nitrogens with zero attached hydrogens (tertiary/aromatic N) is 2. The van der Waals surface area contributed by atoms with Gasteiger partial charge in [0.1, 0.15) is 5.01 Å². The molecule has 4 heteroatoms. The molecule has 0 aromatic carbocycles. The Morgan fingerprint density at radius 2 is 2.07 bits per heavy atom. The summed E-state index contributed by atoms with van der Waals surface area (Å²) < 4.78 is 1.22.